The smallest absolute Gasteiger partial charge is 0.422 e. The van der Waals surface area contributed by atoms with Gasteiger partial charge in [-0.3, -0.25) is 4.79 Å². The third kappa shape index (κ3) is 1.70. The van der Waals surface area contributed by atoms with E-state index >= 15 is 0 Å². The molecular weight excluding hydrogens is 234 g/mol. The van der Waals surface area contributed by atoms with Crippen molar-refractivity contribution in [2.24, 2.45) is 0 Å². The van der Waals surface area contributed by atoms with Gasteiger partial charge < -0.3 is 10.1 Å². The number of imidazole rings is 1. The van der Waals surface area contributed by atoms with Gasteiger partial charge in [-0.1, -0.05) is 12.1 Å². The van der Waals surface area contributed by atoms with E-state index in [9.17, 15) is 9.59 Å². The summed E-state index contributed by atoms with van der Waals surface area (Å²) >= 11 is 5.15. The Kier molecular flexibility index (Phi) is 2.49. The van der Waals surface area contributed by atoms with Crippen molar-refractivity contribution in [2.45, 2.75) is 0 Å². The van der Waals surface area contributed by atoms with Crippen molar-refractivity contribution in [1.29, 1.82) is 0 Å². The number of aromatic nitrogens is 2. The number of hydrogen-bond acceptors (Lipinski definition) is 3. The predicted octanol–water partition coefficient (Wildman–Crippen LogP) is 2.41. The molecule has 0 unspecified atom stereocenters. The number of anilines is 1. The fraction of sp³-hybridized carbons (Fsp3) is 0. The average molecular weight is 240 g/mol. The number of imide groups is 1. The molecule has 1 aromatic heterocycles. The average Bonchev–Trinajstić information content (AvgIpc) is 2.58. The van der Waals surface area contributed by atoms with Gasteiger partial charge in [0.2, 0.25) is 5.95 Å². The van der Waals surface area contributed by atoms with Crippen molar-refractivity contribution in [3.05, 3.63) is 24.3 Å². The highest BCUT2D eigenvalue weighted by atomic mass is 35.5. The van der Waals surface area contributed by atoms with Crippen LogP contribution in [0.5, 0.6) is 0 Å². The number of carbonyl (C=O) groups is 2. The first kappa shape index (κ1) is 10.4. The quantitative estimate of drug-likeness (QED) is 0.591. The Bertz CT molecular complexity index is 519. The van der Waals surface area contributed by atoms with Crippen LogP contribution in [0.15, 0.2) is 24.3 Å². The predicted molar refractivity (Wildman–Crippen MR) is 57.8 cm³/mol. The number of carbonyl (C=O) groups excluding carboxylic acids is 1. The molecule has 2 aromatic rings. The lowest BCUT2D eigenvalue weighted by atomic mass is 10.3. The number of hydrogen-bond donors (Lipinski definition) is 2. The minimum absolute atomic E-state index is 0.117. The van der Waals surface area contributed by atoms with Gasteiger partial charge in [-0.2, -0.15) is 4.90 Å². The maximum Gasteiger partial charge on any atom is 0.422 e. The standard InChI is InChI=1S/C9H6ClN3O3/c10-7(14)13(9(15)16)8-11-5-3-1-2-4-6(5)12-8/h1-4H,(H,11,12)(H,15,16). The van der Waals surface area contributed by atoms with E-state index in [4.69, 9.17) is 16.7 Å². The summed E-state index contributed by atoms with van der Waals surface area (Å²) in [6, 6.07) is 6.91. The first-order chi connectivity index (χ1) is 7.59. The normalized spacial score (nSPS) is 10.3. The first-order valence-electron chi connectivity index (χ1n) is 4.27. The van der Waals surface area contributed by atoms with E-state index in [0.29, 0.717) is 15.9 Å². The number of aromatic amines is 1. The van der Waals surface area contributed by atoms with Crippen LogP contribution >= 0.6 is 11.6 Å². The molecule has 16 heavy (non-hydrogen) atoms. The summed E-state index contributed by atoms with van der Waals surface area (Å²) in [5, 5.41) is 7.65. The van der Waals surface area contributed by atoms with Gasteiger partial charge in [0.15, 0.2) is 0 Å². The van der Waals surface area contributed by atoms with Crippen LogP contribution in [-0.4, -0.2) is 26.5 Å². The summed E-state index contributed by atoms with van der Waals surface area (Å²) in [5.74, 6) is -0.117. The molecule has 0 aliphatic heterocycles. The number of carboxylic acid groups (broad SMARTS) is 1. The number of amides is 2. The van der Waals surface area contributed by atoms with E-state index in [2.05, 4.69) is 9.97 Å². The van der Waals surface area contributed by atoms with Crippen LogP contribution in [0.25, 0.3) is 11.0 Å². The maximum atomic E-state index is 10.9. The zero-order chi connectivity index (χ0) is 11.7. The van der Waals surface area contributed by atoms with Gasteiger partial charge in [-0.15, -0.1) is 0 Å². The van der Waals surface area contributed by atoms with Crippen LogP contribution in [-0.2, 0) is 0 Å². The topological polar surface area (TPSA) is 86.3 Å². The minimum atomic E-state index is -1.49. The van der Waals surface area contributed by atoms with Crippen LogP contribution in [0.2, 0.25) is 0 Å². The number of rotatable bonds is 1. The Hall–Kier alpha value is -2.08. The van der Waals surface area contributed by atoms with Crippen molar-refractivity contribution in [3.63, 3.8) is 0 Å². The summed E-state index contributed by atoms with van der Waals surface area (Å²) in [7, 11) is 0. The Morgan fingerprint density at radius 3 is 2.62 bits per heavy atom. The van der Waals surface area contributed by atoms with Crippen LogP contribution in [0.3, 0.4) is 0 Å². The number of nitrogens with zero attached hydrogens (tertiary/aromatic N) is 2. The van der Waals surface area contributed by atoms with Gasteiger partial charge in [0.1, 0.15) is 0 Å². The molecule has 0 atom stereocenters. The second kappa shape index (κ2) is 3.82. The highest BCUT2D eigenvalue weighted by molar-refractivity contribution is 6.68. The van der Waals surface area contributed by atoms with Crippen LogP contribution in [0.4, 0.5) is 15.5 Å². The van der Waals surface area contributed by atoms with E-state index in [1.165, 1.54) is 0 Å². The molecule has 0 aliphatic rings. The van der Waals surface area contributed by atoms with Crippen molar-refractivity contribution in [2.75, 3.05) is 4.90 Å². The van der Waals surface area contributed by atoms with Crippen molar-refractivity contribution < 1.29 is 14.7 Å². The van der Waals surface area contributed by atoms with Gasteiger partial charge in [0.05, 0.1) is 11.0 Å². The molecule has 0 bridgehead atoms. The summed E-state index contributed by atoms with van der Waals surface area (Å²) in [5.41, 5.74) is 1.18. The molecule has 0 saturated heterocycles. The van der Waals surface area contributed by atoms with E-state index < -0.39 is 11.5 Å². The van der Waals surface area contributed by atoms with Gasteiger partial charge in [0.25, 0.3) is 0 Å². The van der Waals surface area contributed by atoms with Crippen LogP contribution in [0, 0.1) is 0 Å². The lowest BCUT2D eigenvalue weighted by molar-refractivity contribution is 0.201. The van der Waals surface area contributed by atoms with E-state index in [1.54, 1.807) is 24.3 Å². The Labute approximate surface area is 94.5 Å². The highest BCUT2D eigenvalue weighted by Gasteiger charge is 2.24. The molecule has 0 fully saturated rings. The molecule has 0 saturated carbocycles. The fourth-order valence-electron chi connectivity index (χ4n) is 1.29. The lowest BCUT2D eigenvalue weighted by Gasteiger charge is -2.08. The number of benzene rings is 1. The number of halogens is 1. The molecule has 0 radical (unpaired) electrons. The summed E-state index contributed by atoms with van der Waals surface area (Å²) in [6.07, 6.45) is -1.49. The third-order valence-electron chi connectivity index (χ3n) is 1.96. The zero-order valence-electron chi connectivity index (χ0n) is 7.85. The fourth-order valence-corrected chi connectivity index (χ4v) is 1.45. The molecule has 7 heteroatoms. The van der Waals surface area contributed by atoms with E-state index in [1.807, 2.05) is 0 Å². The SMILES string of the molecule is O=C(O)N(C(=O)Cl)c1nc2ccccc2[nH]1. The molecule has 82 valence electrons. The van der Waals surface area contributed by atoms with Crippen LogP contribution < -0.4 is 4.90 Å². The summed E-state index contributed by atoms with van der Waals surface area (Å²) in [4.78, 5) is 28.7. The zero-order valence-corrected chi connectivity index (χ0v) is 8.60. The highest BCUT2D eigenvalue weighted by Crippen LogP contribution is 2.18. The van der Waals surface area contributed by atoms with Crippen molar-refractivity contribution >= 4 is 40.0 Å². The molecule has 1 aromatic carbocycles. The molecule has 6 nitrogen and oxygen atoms in total. The molecule has 2 rings (SSSR count). The number of nitrogens with one attached hydrogen (secondary N) is 1. The van der Waals surface area contributed by atoms with Crippen LogP contribution in [0.1, 0.15) is 0 Å². The molecule has 0 aliphatic carbocycles. The first-order valence-corrected chi connectivity index (χ1v) is 4.64. The Balaban J connectivity index is 2.53. The summed E-state index contributed by atoms with van der Waals surface area (Å²) in [6.45, 7) is 0. The van der Waals surface area contributed by atoms with E-state index in [0.717, 1.165) is 0 Å². The van der Waals surface area contributed by atoms with E-state index in [-0.39, 0.29) is 5.95 Å². The monoisotopic (exact) mass is 239 g/mol. The third-order valence-corrected chi connectivity index (χ3v) is 2.12. The van der Waals surface area contributed by atoms with Gasteiger partial charge in [-0.25, -0.2) is 9.78 Å². The molecule has 0 spiro atoms. The number of H-pyrrole nitrogens is 1. The number of para-hydroxylation sites is 2. The Morgan fingerprint density at radius 2 is 2.06 bits per heavy atom. The van der Waals surface area contributed by atoms with Gasteiger partial charge >= 0.3 is 11.5 Å². The summed E-state index contributed by atoms with van der Waals surface area (Å²) < 4.78 is 0. The molecular formula is C9H6ClN3O3. The second-order valence-corrected chi connectivity index (χ2v) is 3.27. The van der Waals surface area contributed by atoms with Gasteiger partial charge in [0, 0.05) is 0 Å². The maximum absolute atomic E-state index is 10.9. The largest absolute Gasteiger partial charge is 0.464 e. The molecule has 1 heterocycles. The second-order valence-electron chi connectivity index (χ2n) is 2.95. The molecule has 2 N–H and O–H groups in total. The van der Waals surface area contributed by atoms with Gasteiger partial charge in [-0.05, 0) is 23.7 Å². The molecule has 2 amide bonds. The van der Waals surface area contributed by atoms with Crippen molar-refractivity contribution in [3.8, 4) is 0 Å². The Morgan fingerprint density at radius 1 is 1.38 bits per heavy atom. The minimum Gasteiger partial charge on any atom is -0.464 e. The lowest BCUT2D eigenvalue weighted by Crippen LogP contribution is -2.32. The number of fused-ring (bicyclic) bond motifs is 1. The van der Waals surface area contributed by atoms with Crippen molar-refractivity contribution in [1.82, 2.24) is 9.97 Å².